The van der Waals surface area contributed by atoms with Gasteiger partial charge in [-0.15, -0.1) is 0 Å². The zero-order chi connectivity index (χ0) is 18.8. The average Bonchev–Trinajstić information content (AvgIpc) is 2.64. The number of aryl methyl sites for hydroxylation is 1. The molecule has 1 atom stereocenters. The molecule has 1 saturated heterocycles. The molecule has 0 bridgehead atoms. The zero-order valence-corrected chi connectivity index (χ0v) is 16.8. The summed E-state index contributed by atoms with van der Waals surface area (Å²) in [5, 5.41) is 6.81. The third-order valence-corrected chi connectivity index (χ3v) is 4.68. The van der Waals surface area contributed by atoms with E-state index < -0.39 is 0 Å². The summed E-state index contributed by atoms with van der Waals surface area (Å²) in [4.78, 5) is 9.48. The van der Waals surface area contributed by atoms with Crippen molar-refractivity contribution < 1.29 is 4.74 Å². The summed E-state index contributed by atoms with van der Waals surface area (Å²) in [5.74, 6) is 0.889. The molecule has 0 saturated carbocycles. The van der Waals surface area contributed by atoms with Crippen molar-refractivity contribution in [2.45, 2.75) is 19.9 Å². The Balaban J connectivity index is 1.90. The second-order valence-corrected chi connectivity index (χ2v) is 6.99. The number of hydrogen-bond acceptors (Lipinski definition) is 4. The highest BCUT2D eigenvalue weighted by molar-refractivity contribution is 5.79. The fourth-order valence-electron chi connectivity index (χ4n) is 3.03. The molecule has 1 aromatic carbocycles. The van der Waals surface area contributed by atoms with Crippen LogP contribution in [0, 0.1) is 6.92 Å². The highest BCUT2D eigenvalue weighted by atomic mass is 16.5. The molecule has 1 aromatic rings. The largest absolute Gasteiger partial charge is 0.379 e. The first kappa shape index (κ1) is 20.7. The molecule has 0 radical (unpaired) electrons. The van der Waals surface area contributed by atoms with Crippen LogP contribution in [-0.4, -0.2) is 82.3 Å². The van der Waals surface area contributed by atoms with E-state index in [0.717, 1.165) is 58.4 Å². The summed E-state index contributed by atoms with van der Waals surface area (Å²) >= 11 is 0. The number of aliphatic imine (C=N–C) groups is 1. The van der Waals surface area contributed by atoms with Crippen LogP contribution < -0.4 is 10.6 Å². The first-order chi connectivity index (χ1) is 12.6. The molecule has 0 spiro atoms. The van der Waals surface area contributed by atoms with Crippen LogP contribution in [0.15, 0.2) is 29.3 Å². The van der Waals surface area contributed by atoms with Gasteiger partial charge in [0.05, 0.1) is 25.8 Å². The Morgan fingerprint density at radius 1 is 1.19 bits per heavy atom. The minimum absolute atomic E-state index is 0.269. The average molecular weight is 362 g/mol. The number of hydrogen-bond donors (Lipinski definition) is 2. The first-order valence-electron chi connectivity index (χ1n) is 9.65. The van der Waals surface area contributed by atoms with Gasteiger partial charge in [0.1, 0.15) is 0 Å². The minimum Gasteiger partial charge on any atom is -0.379 e. The van der Waals surface area contributed by atoms with Gasteiger partial charge in [-0.25, -0.2) is 0 Å². The van der Waals surface area contributed by atoms with Gasteiger partial charge in [-0.3, -0.25) is 9.89 Å². The van der Waals surface area contributed by atoms with Crippen molar-refractivity contribution in [3.63, 3.8) is 0 Å². The zero-order valence-electron chi connectivity index (χ0n) is 16.8. The molecule has 1 aliphatic rings. The highest BCUT2D eigenvalue weighted by Gasteiger charge is 2.14. The van der Waals surface area contributed by atoms with E-state index in [1.54, 1.807) is 0 Å². The molecule has 1 heterocycles. The van der Waals surface area contributed by atoms with E-state index in [-0.39, 0.29) is 6.04 Å². The molecule has 6 nitrogen and oxygen atoms in total. The third kappa shape index (κ3) is 6.94. The molecule has 146 valence electrons. The summed E-state index contributed by atoms with van der Waals surface area (Å²) in [7, 11) is 4.22. The summed E-state index contributed by atoms with van der Waals surface area (Å²) < 4.78 is 5.40. The van der Waals surface area contributed by atoms with Crippen LogP contribution in [-0.2, 0) is 4.74 Å². The van der Waals surface area contributed by atoms with Crippen molar-refractivity contribution >= 4 is 5.96 Å². The predicted octanol–water partition coefficient (Wildman–Crippen LogP) is 1.49. The van der Waals surface area contributed by atoms with E-state index in [9.17, 15) is 0 Å². The lowest BCUT2D eigenvalue weighted by Crippen LogP contribution is -2.44. The van der Waals surface area contributed by atoms with Crippen molar-refractivity contribution in [1.29, 1.82) is 0 Å². The lowest BCUT2D eigenvalue weighted by molar-refractivity contribution is 0.0389. The molecule has 2 N–H and O–H groups in total. The van der Waals surface area contributed by atoms with Gasteiger partial charge in [-0.2, -0.15) is 0 Å². The maximum Gasteiger partial charge on any atom is 0.191 e. The van der Waals surface area contributed by atoms with Gasteiger partial charge in [0.25, 0.3) is 0 Å². The maximum absolute atomic E-state index is 5.40. The Kier molecular flexibility index (Phi) is 8.88. The summed E-state index contributed by atoms with van der Waals surface area (Å²) in [6.45, 7) is 11.4. The van der Waals surface area contributed by atoms with Crippen molar-refractivity contribution in [3.8, 4) is 0 Å². The predicted molar refractivity (Wildman–Crippen MR) is 109 cm³/mol. The fraction of sp³-hybridized carbons (Fsp3) is 0.650. The number of ether oxygens (including phenoxy) is 1. The monoisotopic (exact) mass is 361 g/mol. The van der Waals surface area contributed by atoms with Crippen LogP contribution in [0.4, 0.5) is 0 Å². The van der Waals surface area contributed by atoms with Gasteiger partial charge < -0.3 is 20.3 Å². The van der Waals surface area contributed by atoms with Crippen molar-refractivity contribution in [2.75, 3.05) is 66.6 Å². The SMILES string of the molecule is CCNC(=NCC(c1ccc(C)cc1)N(C)C)NCCN1CCOCC1. The maximum atomic E-state index is 5.40. The topological polar surface area (TPSA) is 52.1 Å². The van der Waals surface area contributed by atoms with E-state index in [4.69, 9.17) is 9.73 Å². The molecule has 1 unspecified atom stereocenters. The molecule has 2 rings (SSSR count). The van der Waals surface area contributed by atoms with Gasteiger partial charge in [0, 0.05) is 32.7 Å². The van der Waals surface area contributed by atoms with Crippen molar-refractivity contribution in [3.05, 3.63) is 35.4 Å². The van der Waals surface area contributed by atoms with E-state index in [1.807, 2.05) is 0 Å². The summed E-state index contributed by atoms with van der Waals surface area (Å²) in [5.41, 5.74) is 2.58. The third-order valence-electron chi connectivity index (χ3n) is 4.68. The van der Waals surface area contributed by atoms with E-state index in [2.05, 4.69) is 72.6 Å². The number of rotatable bonds is 8. The second kappa shape index (κ2) is 11.2. The smallest absolute Gasteiger partial charge is 0.191 e. The van der Waals surface area contributed by atoms with Crippen LogP contribution in [0.1, 0.15) is 24.1 Å². The molecule has 0 amide bonds. The summed E-state index contributed by atoms with van der Waals surface area (Å²) in [6, 6.07) is 9.01. The molecule has 0 aromatic heterocycles. The van der Waals surface area contributed by atoms with E-state index >= 15 is 0 Å². The lowest BCUT2D eigenvalue weighted by atomic mass is 10.0. The Morgan fingerprint density at radius 2 is 1.88 bits per heavy atom. The standard InChI is InChI=1S/C20H35N5O/c1-5-21-20(22-10-11-25-12-14-26-15-13-25)23-16-19(24(3)4)18-8-6-17(2)7-9-18/h6-9,19H,5,10-16H2,1-4H3,(H2,21,22,23). The van der Waals surface area contributed by atoms with Crippen LogP contribution in [0.25, 0.3) is 0 Å². The van der Waals surface area contributed by atoms with E-state index in [1.165, 1.54) is 11.1 Å². The van der Waals surface area contributed by atoms with Gasteiger partial charge in [-0.05, 0) is 33.5 Å². The minimum atomic E-state index is 0.269. The van der Waals surface area contributed by atoms with Gasteiger partial charge >= 0.3 is 0 Å². The van der Waals surface area contributed by atoms with Crippen molar-refractivity contribution in [2.24, 2.45) is 4.99 Å². The molecular formula is C20H35N5O. The van der Waals surface area contributed by atoms with Crippen molar-refractivity contribution in [1.82, 2.24) is 20.4 Å². The molecule has 1 fully saturated rings. The number of nitrogens with one attached hydrogen (secondary N) is 2. The fourth-order valence-corrected chi connectivity index (χ4v) is 3.03. The summed E-state index contributed by atoms with van der Waals surface area (Å²) in [6.07, 6.45) is 0. The van der Waals surface area contributed by atoms with Crippen LogP contribution in [0.2, 0.25) is 0 Å². The van der Waals surface area contributed by atoms with Crippen LogP contribution >= 0.6 is 0 Å². The van der Waals surface area contributed by atoms with Gasteiger partial charge in [0.15, 0.2) is 5.96 Å². The first-order valence-corrected chi connectivity index (χ1v) is 9.65. The lowest BCUT2D eigenvalue weighted by Gasteiger charge is -2.27. The number of benzene rings is 1. The molecule has 26 heavy (non-hydrogen) atoms. The number of morpholine rings is 1. The Labute approximate surface area is 158 Å². The van der Waals surface area contributed by atoms with Crippen LogP contribution in [0.3, 0.4) is 0 Å². The number of guanidine groups is 1. The Morgan fingerprint density at radius 3 is 2.50 bits per heavy atom. The van der Waals surface area contributed by atoms with Crippen LogP contribution in [0.5, 0.6) is 0 Å². The number of nitrogens with zero attached hydrogens (tertiary/aromatic N) is 3. The molecule has 0 aliphatic carbocycles. The molecular weight excluding hydrogens is 326 g/mol. The molecule has 1 aliphatic heterocycles. The van der Waals surface area contributed by atoms with E-state index in [0.29, 0.717) is 0 Å². The highest BCUT2D eigenvalue weighted by Crippen LogP contribution is 2.19. The quantitative estimate of drug-likeness (QED) is 0.543. The second-order valence-electron chi connectivity index (χ2n) is 6.99. The Hall–Kier alpha value is -1.63. The normalized spacial score (nSPS) is 17.3. The Bertz CT molecular complexity index is 538. The number of likely N-dealkylation sites (N-methyl/N-ethyl adjacent to an activating group) is 1. The van der Waals surface area contributed by atoms with Gasteiger partial charge in [-0.1, -0.05) is 29.8 Å². The molecule has 6 heteroatoms. The van der Waals surface area contributed by atoms with Gasteiger partial charge in [0.2, 0.25) is 0 Å².